The van der Waals surface area contributed by atoms with Crippen LogP contribution in [0.1, 0.15) is 5.56 Å². The van der Waals surface area contributed by atoms with Gasteiger partial charge in [0.25, 0.3) is 0 Å². The third-order valence-electron chi connectivity index (χ3n) is 5.83. The zero-order chi connectivity index (χ0) is 22.2. The van der Waals surface area contributed by atoms with Crippen LogP contribution in [0.4, 0.5) is 11.5 Å². The van der Waals surface area contributed by atoms with Crippen molar-refractivity contribution in [2.45, 2.75) is 6.54 Å². The quantitative estimate of drug-likeness (QED) is 0.408. The average Bonchev–Trinajstić information content (AvgIpc) is 3.45. The highest BCUT2D eigenvalue weighted by Crippen LogP contribution is 2.29. The van der Waals surface area contributed by atoms with Gasteiger partial charge in [-0.3, -0.25) is 4.68 Å². The first kappa shape index (κ1) is 19.2. The lowest BCUT2D eigenvalue weighted by atomic mass is 10.1. The van der Waals surface area contributed by atoms with Crippen LogP contribution in [-0.2, 0) is 13.6 Å². The Hall–Kier alpha value is -4.52. The Balaban J connectivity index is 1.30. The molecule has 33 heavy (non-hydrogen) atoms. The molecule has 0 aliphatic heterocycles. The lowest BCUT2D eigenvalue weighted by molar-refractivity contribution is 0.712. The number of imidazole rings is 1. The van der Waals surface area contributed by atoms with Crippen LogP contribution in [-0.4, -0.2) is 29.3 Å². The second-order valence-corrected chi connectivity index (χ2v) is 8.03. The summed E-state index contributed by atoms with van der Waals surface area (Å²) in [6.45, 7) is 0.743. The van der Waals surface area contributed by atoms with E-state index < -0.39 is 0 Å². The van der Waals surface area contributed by atoms with Gasteiger partial charge in [-0.25, -0.2) is 15.0 Å². The maximum absolute atomic E-state index is 4.59. The van der Waals surface area contributed by atoms with Gasteiger partial charge in [-0.05, 0) is 35.9 Å². The largest absolute Gasteiger partial charge is 0.340 e. The summed E-state index contributed by atoms with van der Waals surface area (Å²) in [7, 11) is 1.98. The average molecular weight is 432 g/mol. The van der Waals surface area contributed by atoms with Crippen molar-refractivity contribution < 1.29 is 0 Å². The minimum Gasteiger partial charge on any atom is -0.340 e. The van der Waals surface area contributed by atoms with Gasteiger partial charge in [0.2, 0.25) is 0 Å². The van der Waals surface area contributed by atoms with E-state index in [4.69, 9.17) is 0 Å². The first-order chi connectivity index (χ1) is 16.2. The van der Waals surface area contributed by atoms with Crippen molar-refractivity contribution in [3.05, 3.63) is 97.3 Å². The zero-order valence-electron chi connectivity index (χ0n) is 18.1. The number of nitrogens with zero attached hydrogens (tertiary/aromatic N) is 6. The molecule has 0 fully saturated rings. The molecule has 1 N–H and O–H groups in total. The molecule has 0 amide bonds. The third-order valence-corrected chi connectivity index (χ3v) is 5.83. The maximum atomic E-state index is 4.59. The fourth-order valence-corrected chi connectivity index (χ4v) is 4.14. The first-order valence-corrected chi connectivity index (χ1v) is 10.7. The van der Waals surface area contributed by atoms with E-state index in [9.17, 15) is 0 Å². The van der Waals surface area contributed by atoms with Gasteiger partial charge >= 0.3 is 0 Å². The lowest BCUT2D eigenvalue weighted by Gasteiger charge is -2.10. The van der Waals surface area contributed by atoms with Crippen LogP contribution < -0.4 is 5.32 Å². The van der Waals surface area contributed by atoms with Crippen molar-refractivity contribution in [3.8, 4) is 11.3 Å². The molecule has 0 unspecified atom stereocenters. The van der Waals surface area contributed by atoms with Crippen molar-refractivity contribution in [1.82, 2.24) is 29.3 Å². The van der Waals surface area contributed by atoms with Gasteiger partial charge < -0.3 is 9.88 Å². The summed E-state index contributed by atoms with van der Waals surface area (Å²) >= 11 is 0. The van der Waals surface area contributed by atoms with Crippen molar-refractivity contribution in [3.63, 3.8) is 0 Å². The van der Waals surface area contributed by atoms with E-state index in [-0.39, 0.29) is 0 Å². The fourth-order valence-electron chi connectivity index (χ4n) is 4.14. The number of fused-ring (bicyclic) bond motifs is 2. The molecule has 6 aromatic rings. The number of aromatic nitrogens is 6. The van der Waals surface area contributed by atoms with Gasteiger partial charge in [0.15, 0.2) is 0 Å². The van der Waals surface area contributed by atoms with Crippen molar-refractivity contribution >= 4 is 33.3 Å². The van der Waals surface area contributed by atoms with Crippen LogP contribution in [0.3, 0.4) is 0 Å². The summed E-state index contributed by atoms with van der Waals surface area (Å²) in [5.41, 5.74) is 6.27. The highest BCUT2D eigenvalue weighted by molar-refractivity contribution is 5.94. The third kappa shape index (κ3) is 3.59. The molecule has 0 saturated carbocycles. The zero-order valence-corrected chi connectivity index (χ0v) is 18.1. The second-order valence-electron chi connectivity index (χ2n) is 8.03. The van der Waals surface area contributed by atoms with Crippen LogP contribution in [0.25, 0.3) is 33.1 Å². The molecule has 0 saturated heterocycles. The van der Waals surface area contributed by atoms with Gasteiger partial charge in [-0.15, -0.1) is 0 Å². The molecule has 7 heteroatoms. The Morgan fingerprint density at radius 2 is 1.82 bits per heavy atom. The van der Waals surface area contributed by atoms with E-state index in [2.05, 4.69) is 86.0 Å². The Bertz CT molecular complexity index is 1580. The summed E-state index contributed by atoms with van der Waals surface area (Å²) < 4.78 is 4.02. The minimum absolute atomic E-state index is 0.743. The molecule has 160 valence electrons. The smallest absolute Gasteiger partial charge is 0.141 e. The van der Waals surface area contributed by atoms with Gasteiger partial charge in [0, 0.05) is 29.1 Å². The number of benzene rings is 3. The first-order valence-electron chi connectivity index (χ1n) is 10.7. The van der Waals surface area contributed by atoms with E-state index in [1.54, 1.807) is 12.7 Å². The van der Waals surface area contributed by atoms with Gasteiger partial charge in [0.05, 0.1) is 42.0 Å². The van der Waals surface area contributed by atoms with Crippen LogP contribution in [0.2, 0.25) is 0 Å². The Labute approximate surface area is 190 Å². The summed E-state index contributed by atoms with van der Waals surface area (Å²) in [6.07, 6.45) is 7.15. The number of rotatable bonds is 5. The molecule has 3 heterocycles. The molecule has 0 bridgehead atoms. The molecule has 0 spiro atoms. The molecule has 0 radical (unpaired) electrons. The van der Waals surface area contributed by atoms with E-state index in [0.29, 0.717) is 0 Å². The molecular formula is C26H21N7. The van der Waals surface area contributed by atoms with Gasteiger partial charge in [-0.2, -0.15) is 5.10 Å². The standard InChI is InChI=1S/C26H21N7/c1-32-17-27-14-25(32)19-7-9-22-23(12-19)28-16-29-26(22)31-21-8-10-24-20(11-21)13-30-33(24)15-18-5-3-2-4-6-18/h2-14,16-17H,15H2,1H3,(H,28,29,31). The summed E-state index contributed by atoms with van der Waals surface area (Å²) in [5.74, 6) is 0.771. The highest BCUT2D eigenvalue weighted by Gasteiger charge is 2.10. The number of hydrogen-bond donors (Lipinski definition) is 1. The van der Waals surface area contributed by atoms with Crippen LogP contribution in [0.5, 0.6) is 0 Å². The minimum atomic E-state index is 0.743. The molecule has 3 aromatic heterocycles. The molecule has 7 nitrogen and oxygen atoms in total. The lowest BCUT2D eigenvalue weighted by Crippen LogP contribution is -2.01. The van der Waals surface area contributed by atoms with Crippen molar-refractivity contribution in [1.29, 1.82) is 0 Å². The Kier molecular flexibility index (Phi) is 4.58. The van der Waals surface area contributed by atoms with E-state index >= 15 is 0 Å². The fraction of sp³-hybridized carbons (Fsp3) is 0.0769. The molecule has 0 aliphatic rings. The van der Waals surface area contributed by atoms with Gasteiger partial charge in [-0.1, -0.05) is 36.4 Å². The molecular weight excluding hydrogens is 410 g/mol. The maximum Gasteiger partial charge on any atom is 0.141 e. The van der Waals surface area contributed by atoms with Gasteiger partial charge in [0.1, 0.15) is 12.1 Å². The Morgan fingerprint density at radius 3 is 2.67 bits per heavy atom. The van der Waals surface area contributed by atoms with Crippen LogP contribution in [0, 0.1) is 0 Å². The number of hydrogen-bond acceptors (Lipinski definition) is 5. The number of nitrogens with one attached hydrogen (secondary N) is 1. The SMILES string of the molecule is Cn1cncc1-c1ccc2c(Nc3ccc4c(cnn4Cc4ccccc4)c3)ncnc2c1. The second kappa shape index (κ2) is 7.87. The topological polar surface area (TPSA) is 73.5 Å². The molecule has 6 rings (SSSR count). The normalized spacial score (nSPS) is 11.3. The van der Waals surface area contributed by atoms with E-state index in [1.807, 2.05) is 34.8 Å². The Morgan fingerprint density at radius 1 is 0.909 bits per heavy atom. The summed E-state index contributed by atoms with van der Waals surface area (Å²) in [4.78, 5) is 13.2. The number of anilines is 2. The van der Waals surface area contributed by atoms with E-state index in [1.165, 1.54) is 5.56 Å². The highest BCUT2D eigenvalue weighted by atomic mass is 15.3. The van der Waals surface area contributed by atoms with Crippen LogP contribution >= 0.6 is 0 Å². The summed E-state index contributed by atoms with van der Waals surface area (Å²) in [6, 6.07) is 22.8. The number of aryl methyl sites for hydroxylation is 1. The van der Waals surface area contributed by atoms with Crippen LogP contribution in [0.15, 0.2) is 91.8 Å². The van der Waals surface area contributed by atoms with Crippen molar-refractivity contribution in [2.24, 2.45) is 7.05 Å². The monoisotopic (exact) mass is 431 g/mol. The molecule has 0 atom stereocenters. The molecule has 0 aliphatic carbocycles. The van der Waals surface area contributed by atoms with E-state index in [0.717, 1.165) is 51.1 Å². The predicted molar refractivity (Wildman–Crippen MR) is 130 cm³/mol. The summed E-state index contributed by atoms with van der Waals surface area (Å²) in [5, 5.41) is 10.1. The molecule has 3 aromatic carbocycles. The predicted octanol–water partition coefficient (Wildman–Crippen LogP) is 5.17. The van der Waals surface area contributed by atoms with Crippen molar-refractivity contribution in [2.75, 3.05) is 5.32 Å².